The minimum atomic E-state index is 0.176. The summed E-state index contributed by atoms with van der Waals surface area (Å²) in [5, 5.41) is 0. The van der Waals surface area contributed by atoms with Crippen molar-refractivity contribution < 1.29 is 9.53 Å². The average molecular weight is 324 g/mol. The summed E-state index contributed by atoms with van der Waals surface area (Å²) >= 11 is 0. The van der Waals surface area contributed by atoms with Crippen LogP contribution in [0.1, 0.15) is 85.0 Å². The largest absolute Gasteiger partial charge is 0.372 e. The molecule has 3 nitrogen and oxygen atoms in total. The number of allylic oxidation sites excluding steroid dienone is 2. The van der Waals surface area contributed by atoms with Crippen LogP contribution in [0.2, 0.25) is 0 Å². The van der Waals surface area contributed by atoms with Gasteiger partial charge in [0.15, 0.2) is 0 Å². The summed E-state index contributed by atoms with van der Waals surface area (Å²) < 4.78 is 5.68. The Morgan fingerprint density at radius 3 is 2.04 bits per heavy atom. The fourth-order valence-electron chi connectivity index (χ4n) is 3.31. The molecule has 3 heteroatoms. The van der Waals surface area contributed by atoms with Crippen molar-refractivity contribution in [3.05, 3.63) is 12.2 Å². The molecule has 1 heterocycles. The van der Waals surface area contributed by atoms with E-state index in [2.05, 4.69) is 32.9 Å². The van der Waals surface area contributed by atoms with Crippen molar-refractivity contribution in [2.24, 2.45) is 0 Å². The zero-order chi connectivity index (χ0) is 16.9. The first-order chi connectivity index (χ1) is 11.1. The van der Waals surface area contributed by atoms with Gasteiger partial charge < -0.3 is 9.64 Å². The average Bonchev–Trinajstić information content (AvgIpc) is 2.51. The maximum absolute atomic E-state index is 12.2. The molecule has 23 heavy (non-hydrogen) atoms. The molecule has 0 N–H and O–H groups in total. The monoisotopic (exact) mass is 323 g/mol. The van der Waals surface area contributed by atoms with Gasteiger partial charge in [0.1, 0.15) is 0 Å². The van der Waals surface area contributed by atoms with Crippen molar-refractivity contribution >= 4 is 5.91 Å². The van der Waals surface area contributed by atoms with Crippen molar-refractivity contribution in [3.63, 3.8) is 0 Å². The van der Waals surface area contributed by atoms with Crippen LogP contribution in [0.4, 0.5) is 0 Å². The maximum atomic E-state index is 12.2. The Morgan fingerprint density at radius 1 is 0.957 bits per heavy atom. The normalized spacial score (nSPS) is 22.0. The first-order valence-corrected chi connectivity index (χ1v) is 9.68. The van der Waals surface area contributed by atoms with Crippen LogP contribution in [0.15, 0.2) is 12.2 Å². The van der Waals surface area contributed by atoms with Gasteiger partial charge >= 0.3 is 0 Å². The van der Waals surface area contributed by atoms with E-state index < -0.39 is 0 Å². The van der Waals surface area contributed by atoms with Crippen LogP contribution in [0, 0.1) is 0 Å². The van der Waals surface area contributed by atoms with Crippen LogP contribution in [-0.4, -0.2) is 36.1 Å². The number of hydrogen-bond donors (Lipinski definition) is 0. The summed E-state index contributed by atoms with van der Waals surface area (Å²) in [5.41, 5.74) is 0. The Morgan fingerprint density at radius 2 is 1.48 bits per heavy atom. The van der Waals surface area contributed by atoms with E-state index in [1.165, 1.54) is 51.4 Å². The van der Waals surface area contributed by atoms with E-state index in [0.717, 1.165) is 19.5 Å². The van der Waals surface area contributed by atoms with Gasteiger partial charge in [-0.2, -0.15) is 0 Å². The number of morpholine rings is 1. The van der Waals surface area contributed by atoms with Gasteiger partial charge in [0.25, 0.3) is 0 Å². The standard InChI is InChI=1S/C20H37NO2/c1-4-5-6-7-8-9-10-11-12-13-14-15-20(22)21-16-18(2)23-19(3)17-21/h4-5,18-19H,6-17H2,1-3H3/b5-4+. The summed E-state index contributed by atoms with van der Waals surface area (Å²) in [4.78, 5) is 14.2. The summed E-state index contributed by atoms with van der Waals surface area (Å²) in [5.74, 6) is 0.316. The van der Waals surface area contributed by atoms with Crippen molar-refractivity contribution in [2.75, 3.05) is 13.1 Å². The van der Waals surface area contributed by atoms with Crippen LogP contribution >= 0.6 is 0 Å². The molecule has 1 amide bonds. The third kappa shape index (κ3) is 9.80. The maximum Gasteiger partial charge on any atom is 0.222 e. The van der Waals surface area contributed by atoms with E-state index in [1.54, 1.807) is 0 Å². The summed E-state index contributed by atoms with van der Waals surface area (Å²) in [6.45, 7) is 7.71. The Hall–Kier alpha value is -0.830. The van der Waals surface area contributed by atoms with Crippen molar-refractivity contribution in [2.45, 2.75) is 97.2 Å². The van der Waals surface area contributed by atoms with Gasteiger partial charge in [0, 0.05) is 19.5 Å². The minimum absolute atomic E-state index is 0.176. The molecule has 0 bridgehead atoms. The second kappa shape index (κ2) is 12.6. The number of rotatable bonds is 11. The van der Waals surface area contributed by atoms with E-state index in [0.29, 0.717) is 12.3 Å². The molecule has 1 rings (SSSR count). The summed E-state index contributed by atoms with van der Waals surface area (Å²) in [7, 11) is 0. The van der Waals surface area contributed by atoms with Crippen LogP contribution in [0.5, 0.6) is 0 Å². The number of unbranched alkanes of at least 4 members (excludes halogenated alkanes) is 8. The lowest BCUT2D eigenvalue weighted by Gasteiger charge is -2.35. The van der Waals surface area contributed by atoms with Crippen LogP contribution in [0.25, 0.3) is 0 Å². The smallest absolute Gasteiger partial charge is 0.222 e. The predicted molar refractivity (Wildman–Crippen MR) is 97.6 cm³/mol. The Labute approximate surface area is 143 Å². The number of amides is 1. The molecule has 2 atom stereocenters. The van der Waals surface area contributed by atoms with Gasteiger partial charge in [-0.3, -0.25) is 4.79 Å². The lowest BCUT2D eigenvalue weighted by Crippen LogP contribution is -2.48. The molecule has 0 aromatic rings. The zero-order valence-corrected chi connectivity index (χ0v) is 15.6. The highest BCUT2D eigenvalue weighted by molar-refractivity contribution is 5.76. The molecule has 0 aliphatic carbocycles. The van der Waals surface area contributed by atoms with Gasteiger partial charge in [-0.05, 0) is 40.0 Å². The Balaban J connectivity index is 1.93. The topological polar surface area (TPSA) is 29.5 Å². The van der Waals surface area contributed by atoms with E-state index in [9.17, 15) is 4.79 Å². The van der Waals surface area contributed by atoms with Crippen LogP contribution in [0.3, 0.4) is 0 Å². The lowest BCUT2D eigenvalue weighted by atomic mass is 10.1. The Kier molecular flexibility index (Phi) is 11.1. The molecular formula is C20H37NO2. The molecule has 134 valence electrons. The zero-order valence-electron chi connectivity index (χ0n) is 15.6. The first-order valence-electron chi connectivity index (χ1n) is 9.68. The summed E-state index contributed by atoms with van der Waals surface area (Å²) in [6.07, 6.45) is 16.9. The van der Waals surface area contributed by atoms with E-state index in [-0.39, 0.29) is 12.2 Å². The number of carbonyl (C=O) groups is 1. The SMILES string of the molecule is C/C=C/CCCCCCCCCCC(=O)N1CC(C)OC(C)C1. The molecule has 0 aromatic carbocycles. The third-order valence-electron chi connectivity index (χ3n) is 4.52. The molecule has 1 saturated heterocycles. The second-order valence-corrected chi connectivity index (χ2v) is 6.99. The molecule has 0 saturated carbocycles. The Bertz CT molecular complexity index is 331. The highest BCUT2D eigenvalue weighted by Crippen LogP contribution is 2.14. The van der Waals surface area contributed by atoms with Crippen molar-refractivity contribution in [1.82, 2.24) is 4.90 Å². The number of carbonyl (C=O) groups excluding carboxylic acids is 1. The fraction of sp³-hybridized carbons (Fsp3) is 0.850. The molecule has 1 fully saturated rings. The van der Waals surface area contributed by atoms with Gasteiger partial charge in [-0.15, -0.1) is 0 Å². The van der Waals surface area contributed by atoms with Gasteiger partial charge in [0.2, 0.25) is 5.91 Å². The first kappa shape index (κ1) is 20.2. The number of ether oxygens (including phenoxy) is 1. The van der Waals surface area contributed by atoms with Crippen molar-refractivity contribution in [3.8, 4) is 0 Å². The van der Waals surface area contributed by atoms with Gasteiger partial charge in [-0.25, -0.2) is 0 Å². The molecule has 1 aliphatic rings. The predicted octanol–water partition coefficient (Wildman–Crippen LogP) is 5.10. The van der Waals surface area contributed by atoms with Crippen LogP contribution in [-0.2, 0) is 9.53 Å². The number of hydrogen-bond acceptors (Lipinski definition) is 2. The third-order valence-corrected chi connectivity index (χ3v) is 4.52. The minimum Gasteiger partial charge on any atom is -0.372 e. The van der Waals surface area contributed by atoms with E-state index >= 15 is 0 Å². The van der Waals surface area contributed by atoms with E-state index in [4.69, 9.17) is 4.74 Å². The summed E-state index contributed by atoms with van der Waals surface area (Å²) in [6, 6.07) is 0. The molecule has 0 aromatic heterocycles. The molecule has 1 aliphatic heterocycles. The molecular weight excluding hydrogens is 286 g/mol. The highest BCUT2D eigenvalue weighted by atomic mass is 16.5. The van der Waals surface area contributed by atoms with E-state index in [1.807, 2.05) is 4.90 Å². The number of nitrogens with zero attached hydrogens (tertiary/aromatic N) is 1. The van der Waals surface area contributed by atoms with Crippen LogP contribution < -0.4 is 0 Å². The molecule has 2 unspecified atom stereocenters. The van der Waals surface area contributed by atoms with Gasteiger partial charge in [0.05, 0.1) is 12.2 Å². The quantitative estimate of drug-likeness (QED) is 0.391. The van der Waals surface area contributed by atoms with Gasteiger partial charge in [-0.1, -0.05) is 50.7 Å². The molecule has 0 radical (unpaired) electrons. The fourth-order valence-corrected chi connectivity index (χ4v) is 3.31. The lowest BCUT2D eigenvalue weighted by molar-refractivity contribution is -0.143. The second-order valence-electron chi connectivity index (χ2n) is 6.99. The highest BCUT2D eigenvalue weighted by Gasteiger charge is 2.25. The molecule has 0 spiro atoms. The van der Waals surface area contributed by atoms with Crippen molar-refractivity contribution in [1.29, 1.82) is 0 Å².